The molecule has 0 bridgehead atoms. The molecule has 2 aliphatic rings. The summed E-state index contributed by atoms with van der Waals surface area (Å²) in [6.45, 7) is 5.93. The zero-order chi connectivity index (χ0) is 19.2. The van der Waals surface area contributed by atoms with Crippen molar-refractivity contribution in [2.24, 2.45) is 0 Å². The summed E-state index contributed by atoms with van der Waals surface area (Å²) in [5.74, 6) is -0.0272. The van der Waals surface area contributed by atoms with Crippen molar-refractivity contribution in [1.29, 1.82) is 0 Å². The SMILES string of the molecule is CC1(C)OB(O)c2cc(CC(=O)c3ccc(N4CCCC4)cc3Cl)ccc21. The molecule has 2 heterocycles. The second-order valence-electron chi connectivity index (χ2n) is 7.86. The normalized spacial score (nSPS) is 18.1. The van der Waals surface area contributed by atoms with Gasteiger partial charge in [0.15, 0.2) is 5.78 Å². The van der Waals surface area contributed by atoms with Crippen LogP contribution in [0.3, 0.4) is 0 Å². The third-order valence-electron chi connectivity index (χ3n) is 5.53. The Bertz CT molecular complexity index is 893. The van der Waals surface area contributed by atoms with E-state index in [-0.39, 0.29) is 12.2 Å². The molecule has 6 heteroatoms. The van der Waals surface area contributed by atoms with E-state index in [0.29, 0.717) is 10.6 Å². The number of carbonyl (C=O) groups excluding carboxylic acids is 1. The van der Waals surface area contributed by atoms with Crippen LogP contribution in [0.2, 0.25) is 5.02 Å². The fourth-order valence-corrected chi connectivity index (χ4v) is 4.34. The van der Waals surface area contributed by atoms with Crippen LogP contribution in [0.25, 0.3) is 0 Å². The summed E-state index contributed by atoms with van der Waals surface area (Å²) in [5.41, 5.74) is 3.64. The lowest BCUT2D eigenvalue weighted by Crippen LogP contribution is -2.29. The molecule has 4 rings (SSSR count). The molecule has 1 saturated heterocycles. The van der Waals surface area contributed by atoms with Crippen molar-refractivity contribution in [3.63, 3.8) is 0 Å². The molecule has 2 aromatic rings. The fraction of sp³-hybridized carbons (Fsp3) is 0.381. The Morgan fingerprint density at radius 2 is 1.96 bits per heavy atom. The average molecular weight is 384 g/mol. The second kappa shape index (κ2) is 6.97. The Morgan fingerprint density at radius 1 is 1.22 bits per heavy atom. The largest absolute Gasteiger partial charge is 0.492 e. The monoisotopic (exact) mass is 383 g/mol. The molecule has 4 nitrogen and oxygen atoms in total. The zero-order valence-corrected chi connectivity index (χ0v) is 16.4. The molecule has 140 valence electrons. The summed E-state index contributed by atoms with van der Waals surface area (Å²) in [5, 5.41) is 10.6. The van der Waals surface area contributed by atoms with Crippen molar-refractivity contribution in [2.45, 2.75) is 38.7 Å². The minimum atomic E-state index is -0.951. The molecule has 27 heavy (non-hydrogen) atoms. The van der Waals surface area contributed by atoms with Crippen molar-refractivity contribution in [1.82, 2.24) is 0 Å². The maximum atomic E-state index is 12.8. The van der Waals surface area contributed by atoms with Crippen LogP contribution in [0.1, 0.15) is 48.2 Å². The molecule has 0 radical (unpaired) electrons. The van der Waals surface area contributed by atoms with Gasteiger partial charge in [0.1, 0.15) is 0 Å². The number of fused-ring (bicyclic) bond motifs is 1. The summed E-state index contributed by atoms with van der Waals surface area (Å²) < 4.78 is 5.59. The van der Waals surface area contributed by atoms with E-state index in [1.54, 1.807) is 0 Å². The van der Waals surface area contributed by atoms with E-state index >= 15 is 0 Å². The third kappa shape index (κ3) is 3.52. The van der Waals surface area contributed by atoms with Crippen LogP contribution in [0.5, 0.6) is 0 Å². The molecular formula is C21H23BClNO3. The minimum Gasteiger partial charge on any atom is -0.423 e. The van der Waals surface area contributed by atoms with Crippen LogP contribution in [-0.2, 0) is 16.7 Å². The maximum absolute atomic E-state index is 12.8. The average Bonchev–Trinajstić information content (AvgIpc) is 3.22. The van der Waals surface area contributed by atoms with E-state index in [4.69, 9.17) is 16.3 Å². The van der Waals surface area contributed by atoms with Crippen LogP contribution in [0.4, 0.5) is 5.69 Å². The number of rotatable bonds is 4. The van der Waals surface area contributed by atoms with Crippen molar-refractivity contribution >= 4 is 35.7 Å². The highest BCUT2D eigenvalue weighted by molar-refractivity contribution is 6.62. The van der Waals surface area contributed by atoms with E-state index in [1.807, 2.05) is 50.2 Å². The van der Waals surface area contributed by atoms with Gasteiger partial charge in [-0.1, -0.05) is 29.8 Å². The van der Waals surface area contributed by atoms with Crippen molar-refractivity contribution in [2.75, 3.05) is 18.0 Å². The Morgan fingerprint density at radius 3 is 2.67 bits per heavy atom. The van der Waals surface area contributed by atoms with E-state index in [2.05, 4.69) is 4.90 Å². The number of Topliss-reactive ketones (excluding diaryl/α,β-unsaturated/α-hetero) is 1. The third-order valence-corrected chi connectivity index (χ3v) is 5.84. The number of benzene rings is 2. The van der Waals surface area contributed by atoms with Crippen LogP contribution < -0.4 is 10.4 Å². The lowest BCUT2D eigenvalue weighted by Gasteiger charge is -2.19. The fourth-order valence-electron chi connectivity index (χ4n) is 4.06. The summed E-state index contributed by atoms with van der Waals surface area (Å²) in [6.07, 6.45) is 2.63. The van der Waals surface area contributed by atoms with Gasteiger partial charge in [-0.05, 0) is 61.5 Å². The molecule has 0 amide bonds. The van der Waals surface area contributed by atoms with Crippen molar-refractivity contribution < 1.29 is 14.5 Å². The zero-order valence-electron chi connectivity index (χ0n) is 15.7. The van der Waals surface area contributed by atoms with E-state index in [0.717, 1.165) is 35.4 Å². The Hall–Kier alpha value is -1.82. The predicted octanol–water partition coefficient (Wildman–Crippen LogP) is 3.32. The van der Waals surface area contributed by atoms with Crippen LogP contribution in [0.15, 0.2) is 36.4 Å². The number of hydrogen-bond donors (Lipinski definition) is 1. The van der Waals surface area contributed by atoms with E-state index < -0.39 is 12.7 Å². The van der Waals surface area contributed by atoms with Crippen molar-refractivity contribution in [3.05, 3.63) is 58.1 Å². The first kappa shape index (κ1) is 18.5. The van der Waals surface area contributed by atoms with Gasteiger partial charge >= 0.3 is 7.12 Å². The highest BCUT2D eigenvalue weighted by Crippen LogP contribution is 2.31. The molecule has 1 N–H and O–H groups in total. The van der Waals surface area contributed by atoms with Crippen LogP contribution in [-0.4, -0.2) is 31.0 Å². The summed E-state index contributed by atoms with van der Waals surface area (Å²) in [7, 11) is -0.951. The van der Waals surface area contributed by atoms with Gasteiger partial charge in [-0.2, -0.15) is 0 Å². The number of halogens is 1. The number of nitrogens with zero attached hydrogens (tertiary/aromatic N) is 1. The molecule has 0 unspecified atom stereocenters. The Labute approximate surface area is 165 Å². The van der Waals surface area contributed by atoms with Gasteiger partial charge in [0.2, 0.25) is 0 Å². The van der Waals surface area contributed by atoms with Gasteiger partial charge in [0.05, 0.1) is 10.6 Å². The standard InChI is InChI=1S/C21H23BClNO3/c1-21(2)17-8-5-14(11-18(17)22(26)27-21)12-20(25)16-7-6-15(13-19(16)23)24-9-3-4-10-24/h5-8,11,13,26H,3-4,9-10,12H2,1-2H3. The lowest BCUT2D eigenvalue weighted by atomic mass is 9.77. The molecule has 1 fully saturated rings. The lowest BCUT2D eigenvalue weighted by molar-refractivity contribution is 0.0991. The first-order valence-corrected chi connectivity index (χ1v) is 9.80. The first-order chi connectivity index (χ1) is 12.8. The summed E-state index contributed by atoms with van der Waals surface area (Å²) in [6, 6.07) is 11.4. The molecule has 0 spiro atoms. The Kier molecular flexibility index (Phi) is 4.79. The minimum absolute atomic E-state index is 0.0272. The topological polar surface area (TPSA) is 49.8 Å². The van der Waals surface area contributed by atoms with Gasteiger partial charge < -0.3 is 14.6 Å². The molecule has 0 saturated carbocycles. The maximum Gasteiger partial charge on any atom is 0.492 e. The molecule has 2 aromatic carbocycles. The molecule has 0 aliphatic carbocycles. The smallest absolute Gasteiger partial charge is 0.423 e. The summed E-state index contributed by atoms with van der Waals surface area (Å²) in [4.78, 5) is 15.1. The molecule has 0 aromatic heterocycles. The number of hydrogen-bond acceptors (Lipinski definition) is 4. The predicted molar refractivity (Wildman–Crippen MR) is 109 cm³/mol. The van der Waals surface area contributed by atoms with Gasteiger partial charge in [0, 0.05) is 30.8 Å². The number of ketones is 1. The van der Waals surface area contributed by atoms with Gasteiger partial charge in [0.25, 0.3) is 0 Å². The summed E-state index contributed by atoms with van der Waals surface area (Å²) >= 11 is 6.42. The second-order valence-corrected chi connectivity index (χ2v) is 8.27. The number of carbonyl (C=O) groups is 1. The van der Waals surface area contributed by atoms with Crippen LogP contribution >= 0.6 is 11.6 Å². The van der Waals surface area contributed by atoms with E-state index in [1.165, 1.54) is 12.8 Å². The van der Waals surface area contributed by atoms with Gasteiger partial charge in [-0.3, -0.25) is 4.79 Å². The highest BCUT2D eigenvalue weighted by atomic mass is 35.5. The van der Waals surface area contributed by atoms with Crippen LogP contribution in [0, 0.1) is 0 Å². The Balaban J connectivity index is 1.54. The highest BCUT2D eigenvalue weighted by Gasteiger charge is 2.40. The number of anilines is 1. The van der Waals surface area contributed by atoms with Gasteiger partial charge in [-0.25, -0.2) is 0 Å². The van der Waals surface area contributed by atoms with Gasteiger partial charge in [-0.15, -0.1) is 0 Å². The quantitative estimate of drug-likeness (QED) is 0.650. The molecule has 2 aliphatic heterocycles. The first-order valence-electron chi connectivity index (χ1n) is 9.42. The van der Waals surface area contributed by atoms with E-state index in [9.17, 15) is 9.82 Å². The molecule has 0 atom stereocenters. The van der Waals surface area contributed by atoms with Crippen molar-refractivity contribution in [3.8, 4) is 0 Å². The molecular weight excluding hydrogens is 361 g/mol.